The number of rotatable bonds is 2. The van der Waals surface area contributed by atoms with Gasteiger partial charge in [0.05, 0.1) is 24.4 Å². The monoisotopic (exact) mass is 643 g/mol. The summed E-state index contributed by atoms with van der Waals surface area (Å²) >= 11 is 0. The molecule has 252 valence electrons. The number of aliphatic hydroxyl groups excluding tert-OH is 1. The molecule has 4 amide bonds. The number of amides is 4. The maximum atomic E-state index is 14.3. The minimum Gasteiger partial charge on any atom is -0.486 e. The van der Waals surface area contributed by atoms with Crippen LogP contribution < -0.4 is 15.4 Å². The molecule has 0 aliphatic carbocycles. The largest absolute Gasteiger partial charge is 0.486 e. The molecule has 1 aromatic heterocycles. The Morgan fingerprint density at radius 3 is 2.57 bits per heavy atom. The summed E-state index contributed by atoms with van der Waals surface area (Å²) in [4.78, 5) is 56.0. The average Bonchev–Trinajstić information content (AvgIpc) is 3.63. The maximum Gasteiger partial charge on any atom is 0.255 e. The number of fused-ring (bicyclic) bond motifs is 4. The number of hydrogen-bond acceptors (Lipinski definition) is 8. The Labute approximate surface area is 268 Å². The zero-order valence-corrected chi connectivity index (χ0v) is 26.9. The molecule has 2 aromatic rings. The summed E-state index contributed by atoms with van der Waals surface area (Å²) < 4.78 is 21.8. The van der Waals surface area contributed by atoms with Crippen molar-refractivity contribution >= 4 is 23.6 Å². The molecular formula is C32H46FN7O6. The van der Waals surface area contributed by atoms with Gasteiger partial charge in [-0.1, -0.05) is 44.7 Å². The van der Waals surface area contributed by atoms with Gasteiger partial charge in [0.1, 0.15) is 36.0 Å². The Morgan fingerprint density at radius 2 is 1.80 bits per heavy atom. The van der Waals surface area contributed by atoms with Gasteiger partial charge in [-0.15, -0.1) is 5.10 Å². The van der Waals surface area contributed by atoms with Gasteiger partial charge < -0.3 is 30.3 Å². The summed E-state index contributed by atoms with van der Waals surface area (Å²) in [5.74, 6) is -2.60. The van der Waals surface area contributed by atoms with E-state index in [4.69, 9.17) is 4.74 Å². The Hall–Kier alpha value is -4.07. The fourth-order valence-corrected chi connectivity index (χ4v) is 5.83. The van der Waals surface area contributed by atoms with Crippen molar-refractivity contribution in [2.24, 2.45) is 5.92 Å². The lowest BCUT2D eigenvalue weighted by molar-refractivity contribution is -0.145. The number of benzene rings is 1. The van der Waals surface area contributed by atoms with Crippen LogP contribution in [-0.2, 0) is 27.5 Å². The number of halogens is 1. The van der Waals surface area contributed by atoms with Crippen LogP contribution in [0.1, 0.15) is 81.3 Å². The van der Waals surface area contributed by atoms with Gasteiger partial charge in [-0.05, 0) is 37.3 Å². The maximum absolute atomic E-state index is 14.3. The first-order chi connectivity index (χ1) is 22.0. The number of aromatic nitrogens is 3. The third-order valence-electron chi connectivity index (χ3n) is 8.20. The van der Waals surface area contributed by atoms with E-state index in [-0.39, 0.29) is 55.7 Å². The summed E-state index contributed by atoms with van der Waals surface area (Å²) in [6.45, 7) is 4.65. The van der Waals surface area contributed by atoms with Crippen LogP contribution >= 0.6 is 0 Å². The molecule has 4 rings (SSSR count). The first kappa shape index (κ1) is 34.8. The summed E-state index contributed by atoms with van der Waals surface area (Å²) in [6, 6.07) is 1.48. The van der Waals surface area contributed by atoms with Gasteiger partial charge >= 0.3 is 0 Å². The van der Waals surface area contributed by atoms with E-state index < -0.39 is 41.7 Å². The van der Waals surface area contributed by atoms with Crippen LogP contribution in [0.2, 0.25) is 0 Å². The summed E-state index contributed by atoms with van der Waals surface area (Å²) in [5, 5.41) is 24.4. The van der Waals surface area contributed by atoms with E-state index in [9.17, 15) is 28.7 Å². The number of aryl methyl sites for hydroxylation is 1. The van der Waals surface area contributed by atoms with Gasteiger partial charge in [0.15, 0.2) is 0 Å². The van der Waals surface area contributed by atoms with Crippen molar-refractivity contribution < 1.29 is 33.4 Å². The molecule has 1 saturated heterocycles. The van der Waals surface area contributed by atoms with Gasteiger partial charge in [-0.2, -0.15) is 0 Å². The van der Waals surface area contributed by atoms with Crippen LogP contribution in [0.3, 0.4) is 0 Å². The van der Waals surface area contributed by atoms with Gasteiger partial charge in [0.2, 0.25) is 17.7 Å². The lowest BCUT2D eigenvalue weighted by Crippen LogP contribution is -2.54. The zero-order valence-electron chi connectivity index (χ0n) is 26.9. The molecule has 2 aliphatic heterocycles. The quantitative estimate of drug-likeness (QED) is 0.449. The molecule has 3 N–H and O–H groups in total. The van der Waals surface area contributed by atoms with E-state index in [0.29, 0.717) is 18.8 Å². The second kappa shape index (κ2) is 16.5. The predicted molar refractivity (Wildman–Crippen MR) is 166 cm³/mol. The number of nitrogens with zero attached hydrogens (tertiary/aromatic N) is 5. The molecule has 3 atom stereocenters. The number of likely N-dealkylation sites (N-methyl/N-ethyl adjacent to an activating group) is 1. The van der Waals surface area contributed by atoms with Crippen LogP contribution in [0.5, 0.6) is 5.75 Å². The van der Waals surface area contributed by atoms with E-state index in [2.05, 4.69) is 20.9 Å². The van der Waals surface area contributed by atoms with Gasteiger partial charge in [-0.25, -0.2) is 4.39 Å². The molecule has 1 fully saturated rings. The highest BCUT2D eigenvalue weighted by Gasteiger charge is 2.43. The first-order valence-electron chi connectivity index (χ1n) is 16.1. The number of hydrogen-bond donors (Lipinski definition) is 3. The molecule has 13 nitrogen and oxygen atoms in total. The predicted octanol–water partition coefficient (Wildman–Crippen LogP) is 2.03. The lowest BCUT2D eigenvalue weighted by Gasteiger charge is -2.31. The Morgan fingerprint density at radius 1 is 1.07 bits per heavy atom. The highest BCUT2D eigenvalue weighted by atomic mass is 19.1. The van der Waals surface area contributed by atoms with Crippen molar-refractivity contribution in [3.63, 3.8) is 0 Å². The molecule has 0 saturated carbocycles. The molecule has 0 unspecified atom stereocenters. The number of aliphatic hydroxyl groups is 1. The Balaban J connectivity index is 1.57. The third kappa shape index (κ3) is 9.71. The first-order valence-corrected chi connectivity index (χ1v) is 16.1. The third-order valence-corrected chi connectivity index (χ3v) is 8.20. The molecule has 3 heterocycles. The number of carbonyl (C=O) groups is 4. The van der Waals surface area contributed by atoms with Crippen molar-refractivity contribution in [3.05, 3.63) is 41.5 Å². The second-order valence-corrected chi connectivity index (χ2v) is 12.6. The Kier molecular flexibility index (Phi) is 12.5. The smallest absolute Gasteiger partial charge is 0.255 e. The van der Waals surface area contributed by atoms with E-state index in [1.165, 1.54) is 22.9 Å². The fourth-order valence-electron chi connectivity index (χ4n) is 5.83. The van der Waals surface area contributed by atoms with Gasteiger partial charge in [0, 0.05) is 39.2 Å². The lowest BCUT2D eigenvalue weighted by atomic mass is 10.0. The molecule has 14 heteroatoms. The zero-order chi connectivity index (χ0) is 33.2. The minimum atomic E-state index is -1.04. The molecule has 0 spiro atoms. The van der Waals surface area contributed by atoms with Crippen molar-refractivity contribution in [2.45, 2.75) is 96.6 Å². The number of ether oxygens (including phenoxy) is 1. The average molecular weight is 644 g/mol. The summed E-state index contributed by atoms with van der Waals surface area (Å²) in [6.07, 6.45) is 6.86. The second-order valence-electron chi connectivity index (χ2n) is 12.6. The van der Waals surface area contributed by atoms with E-state index in [0.717, 1.165) is 50.7 Å². The SMILES string of the molecule is CC(C)C[C@H]1NC(=O)c2ccc(F)cc2OCc2cn(nn2)CCCCCCCCNC(=O)CN(C)C(=O)[C@H]2C[C@H](O)CN2C1=O. The molecule has 2 bridgehead atoms. The van der Waals surface area contributed by atoms with E-state index in [1.807, 2.05) is 13.8 Å². The molecule has 0 radical (unpaired) electrons. The van der Waals surface area contributed by atoms with Gasteiger partial charge in [-0.3, -0.25) is 23.9 Å². The van der Waals surface area contributed by atoms with E-state index in [1.54, 1.807) is 10.9 Å². The topological polar surface area (TPSA) is 159 Å². The number of nitrogens with one attached hydrogen (secondary N) is 2. The summed E-state index contributed by atoms with van der Waals surface area (Å²) in [5.41, 5.74) is 0.539. The highest BCUT2D eigenvalue weighted by molar-refractivity contribution is 6.00. The molecule has 46 heavy (non-hydrogen) atoms. The Bertz CT molecular complexity index is 1370. The van der Waals surface area contributed by atoms with Crippen molar-refractivity contribution in [2.75, 3.05) is 26.7 Å². The van der Waals surface area contributed by atoms with Crippen molar-refractivity contribution in [1.29, 1.82) is 0 Å². The van der Waals surface area contributed by atoms with Crippen molar-refractivity contribution in [3.8, 4) is 5.75 Å². The number of carbonyl (C=O) groups excluding carboxylic acids is 4. The van der Waals surface area contributed by atoms with Gasteiger partial charge in [0.25, 0.3) is 5.91 Å². The molecule has 1 aromatic carbocycles. The minimum absolute atomic E-state index is 0.0133. The van der Waals surface area contributed by atoms with Crippen LogP contribution in [0.25, 0.3) is 0 Å². The highest BCUT2D eigenvalue weighted by Crippen LogP contribution is 2.25. The van der Waals surface area contributed by atoms with E-state index >= 15 is 0 Å². The van der Waals surface area contributed by atoms with Crippen LogP contribution in [-0.4, -0.2) is 98.4 Å². The van der Waals surface area contributed by atoms with Crippen LogP contribution in [0.15, 0.2) is 24.4 Å². The van der Waals surface area contributed by atoms with Crippen LogP contribution in [0.4, 0.5) is 4.39 Å². The summed E-state index contributed by atoms with van der Waals surface area (Å²) in [7, 11) is 1.49. The van der Waals surface area contributed by atoms with Crippen molar-refractivity contribution in [1.82, 2.24) is 35.4 Å². The normalized spacial score (nSPS) is 23.4. The molecule has 2 aliphatic rings. The fraction of sp³-hybridized carbons (Fsp3) is 0.625. The standard InChI is InChI=1S/C32H46FN7O6/c1-21(2)14-26-31(44)40-18-24(41)16-27(40)32(45)38(3)19-29(42)34-12-8-6-4-5-7-9-13-39-17-23(36-37-39)20-46-28-15-22(33)10-11-25(28)30(43)35-26/h10-11,15,17,21,24,26-27,41H,4-9,12-14,16,18-20H2,1-3H3,(H,34,42)(H,35,43)/t24-,26+,27+/m0/s1. The van der Waals surface area contributed by atoms with Crippen LogP contribution in [0, 0.1) is 11.7 Å². The molecular weight excluding hydrogens is 597 g/mol.